The van der Waals surface area contributed by atoms with E-state index in [-0.39, 0.29) is 25.7 Å². The number of allylic oxidation sites excluding steroid dienone is 7. The average Bonchev–Trinajstić information content (AvgIpc) is 3.25. The van der Waals surface area contributed by atoms with Crippen LogP contribution in [0, 0.1) is 0 Å². The molecule has 8 N–H and O–H groups in total. The minimum absolute atomic E-state index is 0.0367. The van der Waals surface area contributed by atoms with Gasteiger partial charge in [-0.05, 0) is 64.2 Å². The Morgan fingerprint density at radius 1 is 0.571 bits per heavy atom. The number of hydrogen-bond acceptors (Lipinski definition) is 14. The highest BCUT2D eigenvalue weighted by molar-refractivity contribution is 7.47. The van der Waals surface area contributed by atoms with Crippen LogP contribution in [0.2, 0.25) is 0 Å². The van der Waals surface area contributed by atoms with Gasteiger partial charge in [0.15, 0.2) is 6.10 Å². The molecular formula is C47H81O15P. The van der Waals surface area contributed by atoms with Crippen molar-refractivity contribution in [1.29, 1.82) is 0 Å². The van der Waals surface area contributed by atoms with Crippen LogP contribution >= 0.6 is 7.82 Å². The molecule has 3 unspecified atom stereocenters. The molecule has 1 aliphatic rings. The second-order valence-corrected chi connectivity index (χ2v) is 17.7. The lowest BCUT2D eigenvalue weighted by Crippen LogP contribution is -2.64. The molecule has 1 fully saturated rings. The van der Waals surface area contributed by atoms with Crippen LogP contribution in [0.5, 0.6) is 0 Å². The second-order valence-electron chi connectivity index (χ2n) is 16.3. The molecular weight excluding hydrogens is 835 g/mol. The Morgan fingerprint density at radius 3 is 1.65 bits per heavy atom. The molecule has 0 aromatic carbocycles. The van der Waals surface area contributed by atoms with E-state index in [1.54, 1.807) is 36.5 Å². The van der Waals surface area contributed by atoms with Crippen molar-refractivity contribution >= 4 is 19.8 Å². The molecule has 16 heteroatoms. The first-order valence-corrected chi connectivity index (χ1v) is 24.8. The molecule has 0 aromatic heterocycles. The van der Waals surface area contributed by atoms with E-state index in [9.17, 15) is 54.8 Å². The molecule has 15 nitrogen and oxygen atoms in total. The summed E-state index contributed by atoms with van der Waals surface area (Å²) in [6.45, 7) is 3.00. The number of ether oxygens (including phenoxy) is 2. The summed E-state index contributed by atoms with van der Waals surface area (Å²) in [4.78, 5) is 35.7. The van der Waals surface area contributed by atoms with Gasteiger partial charge in [-0.3, -0.25) is 18.6 Å². The Morgan fingerprint density at radius 2 is 1.05 bits per heavy atom. The highest BCUT2D eigenvalue weighted by atomic mass is 31.2. The van der Waals surface area contributed by atoms with Gasteiger partial charge in [-0.15, -0.1) is 0 Å². The Kier molecular flexibility index (Phi) is 34.0. The standard InChI is InChI=1S/C47H81O15P/c1-3-5-7-9-11-12-13-14-15-16-17-18-19-21-27-33-41(51)61-39(36-60-63(57,58)62-47-45(55)43(53)42(52)44(54)46(47)56)35-59-40(50)34-28-32-38(49)31-26-23-22-25-30-37(48)29-24-20-10-8-6-4-2/h12-13,20,22-26,30-31,37-39,42-49,52-56H,3-11,14-19,21,27-29,32-36H2,1-2H3,(H,57,58)/b13-12-,23-22+,24-20-,30-25+,31-26-/t37-,38-,39-,42?,43-,44+,45-,46-,47?/m1/s1. The summed E-state index contributed by atoms with van der Waals surface area (Å²) in [6.07, 6.45) is 23.1. The third kappa shape index (κ3) is 29.6. The summed E-state index contributed by atoms with van der Waals surface area (Å²) in [5.41, 5.74) is 0. The summed E-state index contributed by atoms with van der Waals surface area (Å²) in [7, 11) is -5.18. The largest absolute Gasteiger partial charge is 0.472 e. The fraction of sp³-hybridized carbons (Fsp3) is 0.745. The number of phosphoric acid groups is 1. The van der Waals surface area contributed by atoms with Gasteiger partial charge < -0.3 is 50.1 Å². The Bertz CT molecular complexity index is 1370. The summed E-state index contributed by atoms with van der Waals surface area (Å²) in [6, 6.07) is 0. The zero-order chi connectivity index (χ0) is 46.7. The van der Waals surface area contributed by atoms with Gasteiger partial charge in [0.25, 0.3) is 0 Å². The van der Waals surface area contributed by atoms with Gasteiger partial charge in [0.05, 0.1) is 18.8 Å². The molecule has 10 atom stereocenters. The van der Waals surface area contributed by atoms with Crippen molar-refractivity contribution in [2.45, 2.75) is 210 Å². The molecule has 0 heterocycles. The van der Waals surface area contributed by atoms with Gasteiger partial charge in [-0.2, -0.15) is 0 Å². The minimum atomic E-state index is -5.18. The minimum Gasteiger partial charge on any atom is -0.462 e. The van der Waals surface area contributed by atoms with Crippen molar-refractivity contribution in [1.82, 2.24) is 0 Å². The normalized spacial score (nSPS) is 23.3. The van der Waals surface area contributed by atoms with Crippen molar-refractivity contribution in [2.75, 3.05) is 13.2 Å². The van der Waals surface area contributed by atoms with Crippen LogP contribution in [-0.2, 0) is 32.7 Å². The zero-order valence-corrected chi connectivity index (χ0v) is 38.7. The molecule has 0 bridgehead atoms. The summed E-state index contributed by atoms with van der Waals surface area (Å²) < 4.78 is 33.3. The fourth-order valence-corrected chi connectivity index (χ4v) is 7.62. The van der Waals surface area contributed by atoms with Gasteiger partial charge >= 0.3 is 19.8 Å². The number of carbonyl (C=O) groups excluding carboxylic acids is 2. The maximum absolute atomic E-state index is 12.8. The molecule has 0 aromatic rings. The van der Waals surface area contributed by atoms with Crippen LogP contribution in [-0.4, -0.2) is 121 Å². The van der Waals surface area contributed by atoms with Gasteiger partial charge in [0.2, 0.25) is 0 Å². The van der Waals surface area contributed by atoms with Gasteiger partial charge in [0, 0.05) is 12.8 Å². The van der Waals surface area contributed by atoms with E-state index in [4.69, 9.17) is 18.5 Å². The van der Waals surface area contributed by atoms with E-state index in [0.29, 0.717) is 12.8 Å². The summed E-state index contributed by atoms with van der Waals surface area (Å²) in [5.74, 6) is -1.35. The Balaban J connectivity index is 2.58. The van der Waals surface area contributed by atoms with E-state index in [1.807, 2.05) is 6.08 Å². The molecule has 364 valence electrons. The number of aliphatic hydroxyl groups is 7. The number of esters is 2. The first-order chi connectivity index (χ1) is 30.2. The number of aliphatic hydroxyl groups excluding tert-OH is 7. The number of phosphoric ester groups is 1. The third-order valence-electron chi connectivity index (χ3n) is 10.5. The van der Waals surface area contributed by atoms with Crippen LogP contribution in [0.25, 0.3) is 0 Å². The first kappa shape index (κ1) is 58.5. The van der Waals surface area contributed by atoms with Gasteiger partial charge in [-0.1, -0.05) is 139 Å². The van der Waals surface area contributed by atoms with Crippen molar-refractivity contribution in [3.8, 4) is 0 Å². The number of hydrogen-bond donors (Lipinski definition) is 8. The maximum atomic E-state index is 12.8. The zero-order valence-electron chi connectivity index (χ0n) is 37.8. The predicted octanol–water partition coefficient (Wildman–Crippen LogP) is 6.89. The van der Waals surface area contributed by atoms with Crippen molar-refractivity contribution in [3.63, 3.8) is 0 Å². The van der Waals surface area contributed by atoms with Crippen molar-refractivity contribution in [3.05, 3.63) is 60.8 Å². The summed E-state index contributed by atoms with van der Waals surface area (Å²) >= 11 is 0. The summed E-state index contributed by atoms with van der Waals surface area (Å²) in [5, 5.41) is 70.5. The topological polar surface area (TPSA) is 250 Å². The first-order valence-electron chi connectivity index (χ1n) is 23.3. The predicted molar refractivity (Wildman–Crippen MR) is 242 cm³/mol. The molecule has 1 rings (SSSR count). The highest BCUT2D eigenvalue weighted by Crippen LogP contribution is 2.47. The highest BCUT2D eigenvalue weighted by Gasteiger charge is 2.51. The third-order valence-corrected chi connectivity index (χ3v) is 11.5. The Labute approximate surface area is 376 Å². The molecule has 0 saturated heterocycles. The monoisotopic (exact) mass is 917 g/mol. The quantitative estimate of drug-likeness (QED) is 0.0104. The van der Waals surface area contributed by atoms with Crippen LogP contribution < -0.4 is 0 Å². The number of carbonyl (C=O) groups is 2. The fourth-order valence-electron chi connectivity index (χ4n) is 6.65. The van der Waals surface area contributed by atoms with Gasteiger partial charge in [-0.25, -0.2) is 4.57 Å². The lowest BCUT2D eigenvalue weighted by atomic mass is 9.85. The molecule has 1 saturated carbocycles. The van der Waals surface area contributed by atoms with Crippen LogP contribution in [0.4, 0.5) is 0 Å². The van der Waals surface area contributed by atoms with E-state index in [2.05, 4.69) is 32.1 Å². The lowest BCUT2D eigenvalue weighted by Gasteiger charge is -2.41. The molecule has 0 aliphatic heterocycles. The average molecular weight is 917 g/mol. The number of rotatable bonds is 37. The lowest BCUT2D eigenvalue weighted by molar-refractivity contribution is -0.220. The molecule has 0 spiro atoms. The van der Waals surface area contributed by atoms with Gasteiger partial charge in [0.1, 0.15) is 43.2 Å². The maximum Gasteiger partial charge on any atom is 0.472 e. The van der Waals surface area contributed by atoms with E-state index >= 15 is 0 Å². The molecule has 0 radical (unpaired) electrons. The molecule has 63 heavy (non-hydrogen) atoms. The van der Waals surface area contributed by atoms with Crippen molar-refractivity contribution < 1.29 is 73.3 Å². The van der Waals surface area contributed by atoms with E-state index in [0.717, 1.165) is 64.2 Å². The van der Waals surface area contributed by atoms with Crippen LogP contribution in [0.3, 0.4) is 0 Å². The van der Waals surface area contributed by atoms with Crippen LogP contribution in [0.15, 0.2) is 60.8 Å². The molecule has 0 amide bonds. The smallest absolute Gasteiger partial charge is 0.462 e. The molecule has 1 aliphatic carbocycles. The number of unbranched alkanes of at least 4 members (excludes halogenated alkanes) is 14. The van der Waals surface area contributed by atoms with Crippen molar-refractivity contribution in [2.24, 2.45) is 0 Å². The SMILES string of the molecule is CCCCC/C=C\C[C@@H](O)/C=C/C=C/C=C\[C@@H](O)CCCC(=O)OC[C@H](COP(=O)(O)OC1[C@H](O)[C@H](O)C(O)[C@H](O)[C@H]1O)OC(=O)CCCCCCCCC/C=C\CCCCCC. The van der Waals surface area contributed by atoms with E-state index < -0.39 is 87.9 Å². The van der Waals surface area contributed by atoms with E-state index in [1.165, 1.54) is 38.5 Å². The van der Waals surface area contributed by atoms with Crippen LogP contribution in [0.1, 0.15) is 155 Å². The second kappa shape index (κ2) is 36.7. The Hall–Kier alpha value is -2.53.